The Morgan fingerprint density at radius 1 is 1.50 bits per heavy atom. The highest BCUT2D eigenvalue weighted by Gasteiger charge is 2.04. The van der Waals surface area contributed by atoms with Gasteiger partial charge in [0.15, 0.2) is 0 Å². The molecule has 0 saturated heterocycles. The van der Waals surface area contributed by atoms with E-state index in [0.29, 0.717) is 5.92 Å². The first kappa shape index (κ1) is 13.3. The summed E-state index contributed by atoms with van der Waals surface area (Å²) in [5.74, 6) is 0.700. The SMILES string of the molecule is C=C(CCCC=C=CC)C(C)CCC. The van der Waals surface area contributed by atoms with Crippen molar-refractivity contribution in [3.63, 3.8) is 0 Å². The maximum atomic E-state index is 4.15. The summed E-state index contributed by atoms with van der Waals surface area (Å²) in [7, 11) is 0. The van der Waals surface area contributed by atoms with Gasteiger partial charge in [0.1, 0.15) is 0 Å². The van der Waals surface area contributed by atoms with Gasteiger partial charge in [0, 0.05) is 0 Å². The third-order valence-corrected chi connectivity index (χ3v) is 2.55. The lowest BCUT2D eigenvalue weighted by molar-refractivity contribution is 0.573. The van der Waals surface area contributed by atoms with Crippen LogP contribution in [0.4, 0.5) is 0 Å². The standard InChI is InChI=1S/C14H24/c1-5-7-8-9-10-12-14(4)13(3)11-6-2/h5,8,13H,4,6,9-12H2,1-3H3. The largest absolute Gasteiger partial charge is 0.130 e. The fourth-order valence-electron chi connectivity index (χ4n) is 1.52. The maximum Gasteiger partial charge on any atom is -0.0234 e. The zero-order chi connectivity index (χ0) is 10.8. The van der Waals surface area contributed by atoms with Gasteiger partial charge in [0.2, 0.25) is 0 Å². The first-order chi connectivity index (χ1) is 6.72. The predicted molar refractivity (Wildman–Crippen MR) is 65.4 cm³/mol. The van der Waals surface area contributed by atoms with E-state index in [1.165, 1.54) is 31.3 Å². The lowest BCUT2D eigenvalue weighted by Gasteiger charge is -2.12. The second kappa shape index (κ2) is 8.84. The second-order valence-corrected chi connectivity index (χ2v) is 3.90. The second-order valence-electron chi connectivity index (χ2n) is 3.90. The molecule has 14 heavy (non-hydrogen) atoms. The normalized spacial score (nSPS) is 11.6. The van der Waals surface area contributed by atoms with Crippen LogP contribution in [0.3, 0.4) is 0 Å². The Balaban J connectivity index is 3.58. The van der Waals surface area contributed by atoms with Crippen molar-refractivity contribution in [1.29, 1.82) is 0 Å². The molecule has 0 aromatic carbocycles. The highest BCUT2D eigenvalue weighted by Crippen LogP contribution is 2.19. The molecule has 0 aliphatic carbocycles. The summed E-state index contributed by atoms with van der Waals surface area (Å²) in [6.45, 7) is 10.7. The summed E-state index contributed by atoms with van der Waals surface area (Å²) in [5, 5.41) is 0. The Hall–Kier alpha value is -0.740. The van der Waals surface area contributed by atoms with Crippen LogP contribution in [0.1, 0.15) is 52.9 Å². The van der Waals surface area contributed by atoms with E-state index in [1.54, 1.807) is 0 Å². The van der Waals surface area contributed by atoms with Crippen molar-refractivity contribution in [1.82, 2.24) is 0 Å². The van der Waals surface area contributed by atoms with E-state index in [9.17, 15) is 0 Å². The first-order valence-corrected chi connectivity index (χ1v) is 5.75. The molecule has 0 heterocycles. The Morgan fingerprint density at radius 3 is 2.79 bits per heavy atom. The summed E-state index contributed by atoms with van der Waals surface area (Å²) in [5.41, 5.74) is 4.51. The molecule has 0 N–H and O–H groups in total. The van der Waals surface area contributed by atoms with Gasteiger partial charge in [-0.25, -0.2) is 0 Å². The van der Waals surface area contributed by atoms with Crippen LogP contribution in [0.2, 0.25) is 0 Å². The minimum Gasteiger partial charge on any atom is -0.130 e. The molecule has 0 nitrogen and oxygen atoms in total. The van der Waals surface area contributed by atoms with Crippen molar-refractivity contribution < 1.29 is 0 Å². The Bertz CT molecular complexity index is 204. The lowest BCUT2D eigenvalue weighted by atomic mass is 9.94. The average molecular weight is 192 g/mol. The van der Waals surface area contributed by atoms with Crippen LogP contribution in [0.25, 0.3) is 0 Å². The van der Waals surface area contributed by atoms with Crippen LogP contribution >= 0.6 is 0 Å². The Morgan fingerprint density at radius 2 is 2.21 bits per heavy atom. The number of hydrogen-bond acceptors (Lipinski definition) is 0. The van der Waals surface area contributed by atoms with E-state index >= 15 is 0 Å². The fourth-order valence-corrected chi connectivity index (χ4v) is 1.52. The summed E-state index contributed by atoms with van der Waals surface area (Å²) in [4.78, 5) is 0. The Kier molecular flexibility index (Phi) is 8.37. The summed E-state index contributed by atoms with van der Waals surface area (Å²) in [6, 6.07) is 0. The van der Waals surface area contributed by atoms with Gasteiger partial charge in [-0.2, -0.15) is 0 Å². The first-order valence-electron chi connectivity index (χ1n) is 5.75. The molecule has 1 unspecified atom stereocenters. The molecule has 0 rings (SSSR count). The van der Waals surface area contributed by atoms with Crippen LogP contribution < -0.4 is 0 Å². The Labute approximate surface area is 89.4 Å². The van der Waals surface area contributed by atoms with E-state index in [-0.39, 0.29) is 0 Å². The molecule has 0 spiro atoms. The highest BCUT2D eigenvalue weighted by atomic mass is 14.1. The third kappa shape index (κ3) is 6.74. The van der Waals surface area contributed by atoms with Crippen LogP contribution in [0, 0.1) is 5.92 Å². The van der Waals surface area contributed by atoms with E-state index in [4.69, 9.17) is 0 Å². The van der Waals surface area contributed by atoms with Gasteiger partial charge in [-0.05, 0) is 50.7 Å². The predicted octanol–water partition coefficient (Wildman–Crippen LogP) is 4.88. The van der Waals surface area contributed by atoms with Crippen molar-refractivity contribution in [2.24, 2.45) is 5.92 Å². The molecule has 0 heteroatoms. The minimum absolute atomic E-state index is 0.700. The molecule has 80 valence electrons. The molecule has 0 bridgehead atoms. The van der Waals surface area contributed by atoms with Crippen molar-refractivity contribution in [2.45, 2.75) is 52.9 Å². The molecule has 0 aromatic rings. The zero-order valence-corrected chi connectivity index (χ0v) is 9.97. The molecule has 0 aliphatic rings. The molecule has 0 saturated carbocycles. The molecule has 1 atom stereocenters. The topological polar surface area (TPSA) is 0 Å². The zero-order valence-electron chi connectivity index (χ0n) is 9.97. The van der Waals surface area contributed by atoms with Gasteiger partial charge in [0.25, 0.3) is 0 Å². The molecule has 0 aromatic heterocycles. The van der Waals surface area contributed by atoms with Crippen LogP contribution in [-0.4, -0.2) is 0 Å². The molecule has 0 amide bonds. The minimum atomic E-state index is 0.700. The summed E-state index contributed by atoms with van der Waals surface area (Å²) < 4.78 is 0. The van der Waals surface area contributed by atoms with Crippen molar-refractivity contribution in [2.75, 3.05) is 0 Å². The summed E-state index contributed by atoms with van der Waals surface area (Å²) in [6.07, 6.45) is 10.1. The van der Waals surface area contributed by atoms with Crippen LogP contribution in [0.5, 0.6) is 0 Å². The van der Waals surface area contributed by atoms with Crippen molar-refractivity contribution in [3.8, 4) is 0 Å². The highest BCUT2D eigenvalue weighted by molar-refractivity contribution is 4.99. The van der Waals surface area contributed by atoms with E-state index in [2.05, 4.69) is 32.2 Å². The maximum absolute atomic E-state index is 4.15. The van der Waals surface area contributed by atoms with Gasteiger partial charge in [-0.15, -0.1) is 5.73 Å². The lowest BCUT2D eigenvalue weighted by Crippen LogP contribution is -1.97. The van der Waals surface area contributed by atoms with Gasteiger partial charge in [0.05, 0.1) is 0 Å². The number of unbranched alkanes of at least 4 members (excludes halogenated alkanes) is 1. The van der Waals surface area contributed by atoms with Crippen molar-refractivity contribution in [3.05, 3.63) is 30.0 Å². The summed E-state index contributed by atoms with van der Waals surface area (Å²) >= 11 is 0. The molecular weight excluding hydrogens is 168 g/mol. The van der Waals surface area contributed by atoms with Crippen LogP contribution in [-0.2, 0) is 0 Å². The number of rotatable bonds is 7. The smallest absolute Gasteiger partial charge is 0.0234 e. The molecule has 0 fully saturated rings. The average Bonchev–Trinajstić information content (AvgIpc) is 2.17. The van der Waals surface area contributed by atoms with E-state index < -0.39 is 0 Å². The van der Waals surface area contributed by atoms with Crippen molar-refractivity contribution >= 4 is 0 Å². The van der Waals surface area contributed by atoms with E-state index in [0.717, 1.165) is 6.42 Å². The number of allylic oxidation sites excluding steroid dienone is 2. The monoisotopic (exact) mass is 192 g/mol. The van der Waals surface area contributed by atoms with Gasteiger partial charge < -0.3 is 0 Å². The van der Waals surface area contributed by atoms with E-state index in [1.807, 2.05) is 13.0 Å². The molecule has 0 radical (unpaired) electrons. The molecular formula is C14H24. The molecule has 0 aliphatic heterocycles. The quantitative estimate of drug-likeness (QED) is 0.306. The van der Waals surface area contributed by atoms with Gasteiger partial charge in [-0.1, -0.05) is 32.4 Å². The van der Waals surface area contributed by atoms with Crippen LogP contribution in [0.15, 0.2) is 30.0 Å². The fraction of sp³-hybridized carbons (Fsp3) is 0.643. The van der Waals surface area contributed by atoms with Gasteiger partial charge in [-0.3, -0.25) is 0 Å². The third-order valence-electron chi connectivity index (χ3n) is 2.55. The number of hydrogen-bond donors (Lipinski definition) is 0. The van der Waals surface area contributed by atoms with Gasteiger partial charge >= 0.3 is 0 Å².